The summed E-state index contributed by atoms with van der Waals surface area (Å²) >= 11 is 14.0. The van der Waals surface area contributed by atoms with Gasteiger partial charge in [0.15, 0.2) is 6.54 Å². The summed E-state index contributed by atoms with van der Waals surface area (Å²) in [5.74, 6) is -0.237. The van der Waals surface area contributed by atoms with Gasteiger partial charge in [-0.15, -0.1) is 11.8 Å². The summed E-state index contributed by atoms with van der Waals surface area (Å²) in [6.45, 7) is 4.17. The van der Waals surface area contributed by atoms with Gasteiger partial charge >= 0.3 is 0 Å². The van der Waals surface area contributed by atoms with E-state index in [1.165, 1.54) is 11.8 Å². The highest BCUT2D eigenvalue weighted by atomic mass is 35.5. The summed E-state index contributed by atoms with van der Waals surface area (Å²) < 4.78 is -1.17. The molecule has 8 nitrogen and oxygen atoms in total. The fourth-order valence-corrected chi connectivity index (χ4v) is 8.05. The van der Waals surface area contributed by atoms with Crippen LogP contribution in [-0.4, -0.2) is 74.9 Å². The minimum absolute atomic E-state index is 0.0265. The van der Waals surface area contributed by atoms with Crippen LogP contribution in [-0.2, 0) is 20.9 Å². The van der Waals surface area contributed by atoms with Crippen molar-refractivity contribution in [1.82, 2.24) is 19.7 Å². The molecule has 0 spiro atoms. The van der Waals surface area contributed by atoms with Gasteiger partial charge in [-0.3, -0.25) is 14.4 Å². The summed E-state index contributed by atoms with van der Waals surface area (Å²) in [6, 6.07) is 20.6. The lowest BCUT2D eigenvalue weighted by Gasteiger charge is -2.42. The highest BCUT2D eigenvalue weighted by Gasteiger charge is 2.59. The average Bonchev–Trinajstić information content (AvgIpc) is 3.55. The molecular formula is C33H34Cl2N5O3S+. The van der Waals surface area contributed by atoms with Crippen molar-refractivity contribution in [2.75, 3.05) is 32.7 Å². The molecule has 44 heavy (non-hydrogen) atoms. The van der Waals surface area contributed by atoms with Gasteiger partial charge in [-0.25, -0.2) is 0 Å². The normalized spacial score (nSPS) is 20.5. The van der Waals surface area contributed by atoms with Gasteiger partial charge in [0.1, 0.15) is 4.75 Å². The number of aromatic amines is 1. The van der Waals surface area contributed by atoms with Crippen LogP contribution in [0.2, 0.25) is 10.0 Å². The molecule has 3 heterocycles. The van der Waals surface area contributed by atoms with Gasteiger partial charge in [0.25, 0.3) is 5.91 Å². The SMILES string of the molecule is Cc1ccc(S[C@@]2(C(=O)N3CCN(C(=O)C[NH3+])CC3)CC(=O)N(Cc3ccc(Cl)cc3)[C@H]2c2c[nH]c3cc(Cl)ccc23)cc1. The number of likely N-dealkylation sites (tertiary alicyclic amines) is 1. The first kappa shape index (κ1) is 30.5. The summed E-state index contributed by atoms with van der Waals surface area (Å²) in [6.07, 6.45) is 1.93. The van der Waals surface area contributed by atoms with E-state index in [2.05, 4.69) is 10.7 Å². The lowest BCUT2D eigenvalue weighted by Crippen LogP contribution is -2.62. The number of H-pyrrole nitrogens is 1. The van der Waals surface area contributed by atoms with Gasteiger partial charge in [-0.2, -0.15) is 0 Å². The van der Waals surface area contributed by atoms with Gasteiger partial charge in [-0.05, 0) is 48.9 Å². The molecule has 2 atom stereocenters. The number of benzene rings is 3. The number of piperazine rings is 1. The van der Waals surface area contributed by atoms with Crippen LogP contribution in [0.1, 0.15) is 29.2 Å². The molecule has 1 aromatic heterocycles. The van der Waals surface area contributed by atoms with E-state index in [4.69, 9.17) is 23.2 Å². The van der Waals surface area contributed by atoms with Gasteiger partial charge in [0, 0.05) is 70.3 Å². The highest BCUT2D eigenvalue weighted by molar-refractivity contribution is 8.01. The van der Waals surface area contributed by atoms with Crippen LogP contribution in [0.15, 0.2) is 77.8 Å². The number of hydrogen-bond donors (Lipinski definition) is 2. The predicted octanol–water partition coefficient (Wildman–Crippen LogP) is 4.70. The summed E-state index contributed by atoms with van der Waals surface area (Å²) in [5.41, 5.74) is 7.45. The summed E-state index contributed by atoms with van der Waals surface area (Å²) in [7, 11) is 0. The molecule has 6 rings (SSSR count). The fourth-order valence-electron chi connectivity index (χ4n) is 6.28. The van der Waals surface area contributed by atoms with Gasteiger partial charge in [0.2, 0.25) is 11.8 Å². The number of rotatable bonds is 7. The van der Waals surface area contributed by atoms with Crippen LogP contribution >= 0.6 is 35.0 Å². The molecule has 4 aromatic rings. The highest BCUT2D eigenvalue weighted by Crippen LogP contribution is 2.55. The maximum Gasteiger partial charge on any atom is 0.277 e. The second kappa shape index (κ2) is 12.5. The van der Waals surface area contributed by atoms with E-state index in [-0.39, 0.29) is 30.7 Å². The Morgan fingerprint density at radius 3 is 2.30 bits per heavy atom. The number of aromatic nitrogens is 1. The Balaban J connectivity index is 1.48. The smallest absolute Gasteiger partial charge is 0.277 e. The molecule has 2 aliphatic heterocycles. The second-order valence-corrected chi connectivity index (χ2v) is 13.7. The molecule has 0 radical (unpaired) electrons. The summed E-state index contributed by atoms with van der Waals surface area (Å²) in [5, 5.41) is 2.11. The van der Waals surface area contributed by atoms with Crippen molar-refractivity contribution >= 4 is 63.6 Å². The molecule has 2 saturated heterocycles. The third kappa shape index (κ3) is 5.81. The largest absolute Gasteiger partial charge is 0.361 e. The number of nitrogens with one attached hydrogen (secondary N) is 1. The van der Waals surface area contributed by atoms with E-state index < -0.39 is 10.8 Å². The van der Waals surface area contributed by atoms with Gasteiger partial charge in [0.05, 0.1) is 12.5 Å². The monoisotopic (exact) mass is 650 g/mol. The Morgan fingerprint density at radius 1 is 0.955 bits per heavy atom. The van der Waals surface area contributed by atoms with E-state index in [0.29, 0.717) is 42.8 Å². The number of fused-ring (bicyclic) bond motifs is 1. The van der Waals surface area contributed by atoms with Crippen molar-refractivity contribution in [2.24, 2.45) is 0 Å². The molecule has 228 valence electrons. The van der Waals surface area contributed by atoms with E-state index in [1.54, 1.807) is 4.90 Å². The molecular weight excluding hydrogens is 617 g/mol. The van der Waals surface area contributed by atoms with Crippen molar-refractivity contribution < 1.29 is 20.1 Å². The van der Waals surface area contributed by atoms with Crippen molar-refractivity contribution in [3.8, 4) is 0 Å². The Hall–Kier alpha value is -3.50. The molecule has 0 aliphatic carbocycles. The zero-order valence-electron chi connectivity index (χ0n) is 24.4. The maximum absolute atomic E-state index is 15.0. The molecule has 4 N–H and O–H groups in total. The van der Waals surface area contributed by atoms with Crippen molar-refractivity contribution in [3.05, 3.63) is 99.7 Å². The number of nitrogens with zero attached hydrogens (tertiary/aromatic N) is 3. The van der Waals surface area contributed by atoms with Crippen LogP contribution in [0.25, 0.3) is 10.9 Å². The zero-order chi connectivity index (χ0) is 31.0. The molecule has 0 unspecified atom stereocenters. The third-order valence-corrected chi connectivity index (χ3v) is 10.4. The second-order valence-electron chi connectivity index (χ2n) is 11.4. The van der Waals surface area contributed by atoms with Crippen LogP contribution < -0.4 is 5.73 Å². The molecule has 0 saturated carbocycles. The molecule has 2 aliphatic rings. The zero-order valence-corrected chi connectivity index (χ0v) is 26.7. The first-order valence-electron chi connectivity index (χ1n) is 14.6. The third-order valence-electron chi connectivity index (χ3n) is 8.54. The Kier molecular flexibility index (Phi) is 8.66. The van der Waals surface area contributed by atoms with E-state index in [1.807, 2.05) is 89.7 Å². The van der Waals surface area contributed by atoms with E-state index in [0.717, 1.165) is 32.5 Å². The predicted molar refractivity (Wildman–Crippen MR) is 173 cm³/mol. The van der Waals surface area contributed by atoms with Crippen molar-refractivity contribution in [3.63, 3.8) is 0 Å². The number of hydrogen-bond acceptors (Lipinski definition) is 4. The van der Waals surface area contributed by atoms with Crippen LogP contribution in [0.3, 0.4) is 0 Å². The quantitative estimate of drug-likeness (QED) is 0.303. The lowest BCUT2D eigenvalue weighted by molar-refractivity contribution is -0.357. The topological polar surface area (TPSA) is 104 Å². The number of halogens is 2. The lowest BCUT2D eigenvalue weighted by atomic mass is 9.90. The van der Waals surface area contributed by atoms with Crippen molar-refractivity contribution in [1.29, 1.82) is 0 Å². The first-order valence-corrected chi connectivity index (χ1v) is 16.2. The molecule has 3 amide bonds. The van der Waals surface area contributed by atoms with Gasteiger partial charge in [-0.1, -0.05) is 59.1 Å². The van der Waals surface area contributed by atoms with E-state index >= 15 is 0 Å². The number of carbonyl (C=O) groups excluding carboxylic acids is 3. The fraction of sp³-hybridized carbons (Fsp3) is 0.303. The number of quaternary nitrogens is 1. The average molecular weight is 652 g/mol. The molecule has 2 fully saturated rings. The molecule has 0 bridgehead atoms. The van der Waals surface area contributed by atoms with Crippen LogP contribution in [0, 0.1) is 6.92 Å². The number of thioether (sulfide) groups is 1. The molecule has 11 heteroatoms. The summed E-state index contributed by atoms with van der Waals surface area (Å²) in [4.78, 5) is 51.2. The Bertz CT molecular complexity index is 1700. The number of amides is 3. The minimum Gasteiger partial charge on any atom is -0.361 e. The maximum atomic E-state index is 15.0. The van der Waals surface area contributed by atoms with E-state index in [9.17, 15) is 14.4 Å². The number of carbonyl (C=O) groups is 3. The van der Waals surface area contributed by atoms with Crippen LogP contribution in [0.4, 0.5) is 0 Å². The van der Waals surface area contributed by atoms with Crippen molar-refractivity contribution in [2.45, 2.75) is 35.6 Å². The molecule has 3 aromatic carbocycles. The standard InChI is InChI=1S/C33H33Cl2N5O3S/c1-21-2-9-25(10-3-21)44-33(32(43)39-14-12-38(13-15-39)30(42)18-36)17-29(41)40(20-22-4-6-23(34)7-5-22)31(33)27-19-37-28-16-24(35)8-11-26(27)28/h2-11,16,19,31,37H,12-15,17-18,20,36H2,1H3/p+1/t31-,33-/m0/s1. The van der Waals surface area contributed by atoms with Gasteiger partial charge < -0.3 is 25.4 Å². The van der Waals surface area contributed by atoms with Crippen LogP contribution in [0.5, 0.6) is 0 Å². The Labute approximate surface area is 270 Å². The minimum atomic E-state index is -1.17. The Morgan fingerprint density at radius 2 is 1.61 bits per heavy atom. The first-order chi connectivity index (χ1) is 21.2. The number of aryl methyl sites for hydroxylation is 1.